The Hall–Kier alpha value is -2.58. The maximum atomic E-state index is 14.9. The molecule has 1 aromatic carbocycles. The molecule has 3 aromatic rings. The van der Waals surface area contributed by atoms with Crippen LogP contribution >= 0.6 is 0 Å². The van der Waals surface area contributed by atoms with Gasteiger partial charge < -0.3 is 19.5 Å². The molecule has 0 amide bonds. The summed E-state index contributed by atoms with van der Waals surface area (Å²) < 4.78 is 26.0. The van der Waals surface area contributed by atoms with Gasteiger partial charge in [-0.25, -0.2) is 9.37 Å². The molecule has 32 heavy (non-hydrogen) atoms. The maximum absolute atomic E-state index is 14.9. The molecule has 0 radical (unpaired) electrons. The Bertz CT molecular complexity index is 1140. The third-order valence-electron chi connectivity index (χ3n) is 6.72. The molecule has 2 aromatic heterocycles. The zero-order valence-electron chi connectivity index (χ0n) is 19.1. The van der Waals surface area contributed by atoms with Crippen molar-refractivity contribution in [3.8, 4) is 11.5 Å². The molecule has 2 fully saturated rings. The summed E-state index contributed by atoms with van der Waals surface area (Å²) in [5.74, 6) is 1.41. The van der Waals surface area contributed by atoms with Crippen molar-refractivity contribution in [2.45, 2.75) is 65.1 Å². The van der Waals surface area contributed by atoms with Gasteiger partial charge in [-0.3, -0.25) is 0 Å². The van der Waals surface area contributed by atoms with E-state index in [1.807, 2.05) is 19.9 Å². The third-order valence-corrected chi connectivity index (χ3v) is 6.72. The molecule has 0 spiro atoms. The number of nitrogens with zero attached hydrogens (tertiary/aromatic N) is 4. The van der Waals surface area contributed by atoms with Crippen LogP contribution in [0, 0.1) is 26.6 Å². The number of ether oxygens (including phenoxy) is 1. The normalized spacial score (nSPS) is 23.9. The topological polar surface area (TPSA) is 76.3 Å². The molecular formula is C24H30FN5O2. The van der Waals surface area contributed by atoms with Crippen LogP contribution in [0.5, 0.6) is 0 Å². The van der Waals surface area contributed by atoms with Crippen LogP contribution in [0.3, 0.4) is 0 Å². The van der Waals surface area contributed by atoms with E-state index >= 15 is 0 Å². The van der Waals surface area contributed by atoms with Crippen molar-refractivity contribution in [2.75, 3.05) is 24.7 Å². The molecule has 4 heterocycles. The fraction of sp³-hybridized carbons (Fsp3) is 0.542. The number of rotatable bonds is 4. The van der Waals surface area contributed by atoms with Crippen LogP contribution in [-0.2, 0) is 4.74 Å². The van der Waals surface area contributed by atoms with E-state index in [4.69, 9.17) is 14.2 Å². The van der Waals surface area contributed by atoms with Gasteiger partial charge in [0.15, 0.2) is 5.82 Å². The van der Waals surface area contributed by atoms with E-state index in [2.05, 4.69) is 27.3 Å². The van der Waals surface area contributed by atoms with Crippen molar-refractivity contribution in [2.24, 2.45) is 0 Å². The van der Waals surface area contributed by atoms with Gasteiger partial charge in [0.1, 0.15) is 17.2 Å². The summed E-state index contributed by atoms with van der Waals surface area (Å²) >= 11 is 0. The summed E-state index contributed by atoms with van der Waals surface area (Å²) in [6, 6.07) is 4.61. The minimum Gasteiger partial charge on any atom is -0.380 e. The molecule has 7 nitrogen and oxygen atoms in total. The Morgan fingerprint density at radius 1 is 1.12 bits per heavy atom. The fourth-order valence-corrected chi connectivity index (χ4v) is 5.10. The average Bonchev–Trinajstić information content (AvgIpc) is 3.40. The number of aryl methyl sites for hydroxylation is 3. The maximum Gasteiger partial charge on any atom is 0.261 e. The van der Waals surface area contributed by atoms with Crippen molar-refractivity contribution in [1.82, 2.24) is 20.4 Å². The summed E-state index contributed by atoms with van der Waals surface area (Å²) in [6.07, 6.45) is 3.03. The first-order valence-electron chi connectivity index (χ1n) is 11.4. The second kappa shape index (κ2) is 8.41. The average molecular weight is 440 g/mol. The molecule has 0 unspecified atom stereocenters. The number of pyridine rings is 1. The van der Waals surface area contributed by atoms with Gasteiger partial charge in [0.05, 0.1) is 12.2 Å². The lowest BCUT2D eigenvalue weighted by Gasteiger charge is -2.40. The molecule has 2 aliphatic rings. The van der Waals surface area contributed by atoms with Gasteiger partial charge in [0, 0.05) is 36.7 Å². The van der Waals surface area contributed by atoms with Crippen molar-refractivity contribution in [3.05, 3.63) is 34.9 Å². The van der Waals surface area contributed by atoms with Crippen LogP contribution in [-0.4, -0.2) is 53.0 Å². The first-order chi connectivity index (χ1) is 15.4. The second-order valence-electron chi connectivity index (χ2n) is 9.22. The minimum atomic E-state index is -0.303. The molecule has 2 saturated heterocycles. The van der Waals surface area contributed by atoms with Gasteiger partial charge in [0.25, 0.3) is 5.89 Å². The number of halogens is 1. The zero-order chi connectivity index (χ0) is 22.4. The summed E-state index contributed by atoms with van der Waals surface area (Å²) in [7, 11) is 0. The van der Waals surface area contributed by atoms with Crippen molar-refractivity contribution in [1.29, 1.82) is 0 Å². The van der Waals surface area contributed by atoms with E-state index in [1.54, 1.807) is 13.0 Å². The number of hydrogen-bond donors (Lipinski definition) is 1. The third kappa shape index (κ3) is 3.86. The predicted molar refractivity (Wildman–Crippen MR) is 121 cm³/mol. The molecule has 8 heteroatoms. The highest BCUT2D eigenvalue weighted by molar-refractivity contribution is 5.93. The first-order valence-corrected chi connectivity index (χ1v) is 11.4. The Labute approximate surface area is 187 Å². The number of hydrogen-bond acceptors (Lipinski definition) is 7. The van der Waals surface area contributed by atoms with Crippen molar-refractivity contribution in [3.63, 3.8) is 0 Å². The number of aromatic nitrogens is 3. The highest BCUT2D eigenvalue weighted by atomic mass is 19.1. The predicted octanol–water partition coefficient (Wildman–Crippen LogP) is 4.08. The molecule has 3 atom stereocenters. The van der Waals surface area contributed by atoms with Crippen molar-refractivity contribution >= 4 is 16.7 Å². The van der Waals surface area contributed by atoms with E-state index in [-0.39, 0.29) is 11.9 Å². The van der Waals surface area contributed by atoms with Gasteiger partial charge in [-0.1, -0.05) is 5.16 Å². The van der Waals surface area contributed by atoms with Gasteiger partial charge in [0.2, 0.25) is 0 Å². The van der Waals surface area contributed by atoms with E-state index in [0.717, 1.165) is 66.9 Å². The monoisotopic (exact) mass is 439 g/mol. The van der Waals surface area contributed by atoms with Crippen LogP contribution < -0.4 is 10.2 Å². The second-order valence-corrected chi connectivity index (χ2v) is 9.22. The summed E-state index contributed by atoms with van der Waals surface area (Å²) in [4.78, 5) is 11.6. The molecule has 1 N–H and O–H groups in total. The summed E-state index contributed by atoms with van der Waals surface area (Å²) in [5, 5.41) is 8.53. The Morgan fingerprint density at radius 2 is 1.97 bits per heavy atom. The molecule has 5 rings (SSSR count). The summed E-state index contributed by atoms with van der Waals surface area (Å²) in [5.41, 5.74) is 2.95. The van der Waals surface area contributed by atoms with Crippen LogP contribution in [0.15, 0.2) is 16.7 Å². The van der Waals surface area contributed by atoms with Gasteiger partial charge >= 0.3 is 0 Å². The molecule has 0 bridgehead atoms. The van der Waals surface area contributed by atoms with Crippen LogP contribution in [0.1, 0.15) is 43.1 Å². The van der Waals surface area contributed by atoms with Gasteiger partial charge in [-0.15, -0.1) is 0 Å². The number of piperidine rings is 1. The molecule has 170 valence electrons. The van der Waals surface area contributed by atoms with E-state index in [9.17, 15) is 4.39 Å². The Kier molecular flexibility index (Phi) is 5.59. The number of benzene rings is 1. The van der Waals surface area contributed by atoms with E-state index in [0.29, 0.717) is 29.3 Å². The lowest BCUT2D eigenvalue weighted by Crippen LogP contribution is -2.50. The van der Waals surface area contributed by atoms with E-state index < -0.39 is 0 Å². The summed E-state index contributed by atoms with van der Waals surface area (Å²) in [6.45, 7) is 10.3. The zero-order valence-corrected chi connectivity index (χ0v) is 19.1. The lowest BCUT2D eigenvalue weighted by molar-refractivity contribution is 0.185. The number of anilines is 1. The van der Waals surface area contributed by atoms with Crippen molar-refractivity contribution < 1.29 is 13.7 Å². The van der Waals surface area contributed by atoms with E-state index in [1.165, 1.54) is 0 Å². The van der Waals surface area contributed by atoms with Crippen LogP contribution in [0.4, 0.5) is 10.2 Å². The smallest absolute Gasteiger partial charge is 0.261 e. The lowest BCUT2D eigenvalue weighted by atomic mass is 9.95. The van der Waals surface area contributed by atoms with Gasteiger partial charge in [-0.05, 0) is 70.2 Å². The Morgan fingerprint density at radius 3 is 2.66 bits per heavy atom. The number of nitrogens with one attached hydrogen (secondary N) is 1. The fourth-order valence-electron chi connectivity index (χ4n) is 5.10. The molecule has 0 aliphatic carbocycles. The standard InChI is InChI=1S/C24H30FN5O2/c1-13-9-19-15(3)21(24-26-16(4)29-32-24)23(28-22(19)20(25)10-13)30-7-5-17(11-14(30)2)27-18-6-8-31-12-18/h9-10,14,17-18,27H,5-8,11-12H2,1-4H3/t14-,17+,18+/m1/s1. The highest BCUT2D eigenvalue weighted by Gasteiger charge is 2.32. The van der Waals surface area contributed by atoms with Crippen LogP contribution in [0.25, 0.3) is 22.4 Å². The quantitative estimate of drug-likeness (QED) is 0.656. The molecular weight excluding hydrogens is 409 g/mol. The first kappa shape index (κ1) is 21.3. The Balaban J connectivity index is 1.55. The minimum absolute atomic E-state index is 0.226. The highest BCUT2D eigenvalue weighted by Crippen LogP contribution is 2.39. The molecule has 0 saturated carbocycles. The number of fused-ring (bicyclic) bond motifs is 1. The van der Waals surface area contributed by atoms with Gasteiger partial charge in [-0.2, -0.15) is 4.98 Å². The van der Waals surface area contributed by atoms with Crippen LogP contribution in [0.2, 0.25) is 0 Å². The largest absolute Gasteiger partial charge is 0.380 e. The SMILES string of the molecule is Cc1cc(F)c2nc(N3CC[C@H](N[C@H]4CCOC4)C[C@H]3C)c(-c3nc(C)no3)c(C)c2c1. The molecule has 2 aliphatic heterocycles.